The van der Waals surface area contributed by atoms with Crippen molar-refractivity contribution in [1.29, 1.82) is 0 Å². The zero-order chi connectivity index (χ0) is 20.0. The van der Waals surface area contributed by atoms with Crippen LogP contribution in [-0.2, 0) is 5.41 Å². The lowest BCUT2D eigenvalue weighted by atomic mass is 9.72. The van der Waals surface area contributed by atoms with Crippen molar-refractivity contribution in [3.63, 3.8) is 0 Å². The highest BCUT2D eigenvalue weighted by molar-refractivity contribution is 5.91. The van der Waals surface area contributed by atoms with Crippen molar-refractivity contribution in [2.24, 2.45) is 0 Å². The molecule has 1 heterocycles. The number of aryl methyl sites for hydroxylation is 2. The molecular weight excluding hydrogens is 352 g/mol. The second kappa shape index (κ2) is 6.63. The van der Waals surface area contributed by atoms with Crippen molar-refractivity contribution in [2.45, 2.75) is 26.2 Å². The molecule has 0 amide bonds. The fourth-order valence-electron chi connectivity index (χ4n) is 4.34. The number of benzene rings is 4. The number of hydrogen-bond acceptors (Lipinski definition) is 1. The van der Waals surface area contributed by atoms with Gasteiger partial charge in [0.1, 0.15) is 11.5 Å². The molecule has 1 aliphatic heterocycles. The Labute approximate surface area is 172 Å². The summed E-state index contributed by atoms with van der Waals surface area (Å²) in [5.74, 6) is 1.85. The lowest BCUT2D eigenvalue weighted by molar-refractivity contribution is 0.472. The van der Waals surface area contributed by atoms with Crippen LogP contribution in [0.25, 0.3) is 16.5 Å². The van der Waals surface area contributed by atoms with Gasteiger partial charge in [0.2, 0.25) is 0 Å². The fourth-order valence-corrected chi connectivity index (χ4v) is 4.34. The van der Waals surface area contributed by atoms with E-state index >= 15 is 0 Å². The summed E-state index contributed by atoms with van der Waals surface area (Å²) in [7, 11) is 0. The Kier molecular flexibility index (Phi) is 4.06. The number of fused-ring (bicyclic) bond motifs is 3. The molecule has 29 heavy (non-hydrogen) atoms. The van der Waals surface area contributed by atoms with Gasteiger partial charge in [0.15, 0.2) is 0 Å². The average Bonchev–Trinajstić information content (AvgIpc) is 2.74. The second-order valence-electron chi connectivity index (χ2n) is 8.20. The van der Waals surface area contributed by atoms with E-state index in [4.69, 9.17) is 4.74 Å². The maximum absolute atomic E-state index is 6.47. The van der Waals surface area contributed by atoms with E-state index in [9.17, 15) is 0 Å². The molecular formula is C28H24O. The van der Waals surface area contributed by atoms with Crippen LogP contribution in [0.2, 0.25) is 0 Å². The van der Waals surface area contributed by atoms with Gasteiger partial charge >= 0.3 is 0 Å². The van der Waals surface area contributed by atoms with Gasteiger partial charge in [0.05, 0.1) is 0 Å². The summed E-state index contributed by atoms with van der Waals surface area (Å²) < 4.78 is 6.47. The highest BCUT2D eigenvalue weighted by atomic mass is 16.5. The highest BCUT2D eigenvalue weighted by Gasteiger charge is 2.36. The summed E-state index contributed by atoms with van der Waals surface area (Å²) in [5, 5.41) is 2.48. The van der Waals surface area contributed by atoms with Gasteiger partial charge in [0.25, 0.3) is 0 Å². The number of allylic oxidation sites excluding steroid dienone is 1. The number of ether oxygens (including phenoxy) is 1. The first-order valence-corrected chi connectivity index (χ1v) is 10.1. The van der Waals surface area contributed by atoms with Crippen molar-refractivity contribution in [3.05, 3.63) is 119 Å². The third-order valence-corrected chi connectivity index (χ3v) is 6.04. The highest BCUT2D eigenvalue weighted by Crippen LogP contribution is 2.48. The lowest BCUT2D eigenvalue weighted by Crippen LogP contribution is -2.26. The molecule has 1 unspecified atom stereocenters. The molecule has 5 rings (SSSR count). The minimum atomic E-state index is -0.289. The zero-order valence-electron chi connectivity index (χ0n) is 17.1. The largest absolute Gasteiger partial charge is 0.457 e. The van der Waals surface area contributed by atoms with E-state index in [1.165, 1.54) is 33.0 Å². The van der Waals surface area contributed by atoms with Crippen LogP contribution in [0.5, 0.6) is 5.75 Å². The molecule has 142 valence electrons. The predicted molar refractivity (Wildman–Crippen MR) is 121 cm³/mol. The van der Waals surface area contributed by atoms with Gasteiger partial charge in [-0.3, -0.25) is 0 Å². The average molecular weight is 376 g/mol. The monoisotopic (exact) mass is 376 g/mol. The summed E-state index contributed by atoms with van der Waals surface area (Å²) in [5.41, 5.74) is 5.84. The SMILES string of the molecule is Cc1ccc(C2=CC(C)(c3ccc(C)cc3)c3c(ccc4ccccc34)O2)cc1. The molecule has 0 N–H and O–H groups in total. The molecule has 0 fully saturated rings. The first-order valence-electron chi connectivity index (χ1n) is 10.1. The predicted octanol–water partition coefficient (Wildman–Crippen LogP) is 7.20. The molecule has 1 heteroatoms. The smallest absolute Gasteiger partial charge is 0.132 e. The Morgan fingerprint density at radius 2 is 1.34 bits per heavy atom. The molecule has 0 aliphatic carbocycles. The van der Waals surface area contributed by atoms with Crippen LogP contribution in [-0.4, -0.2) is 0 Å². The molecule has 0 bridgehead atoms. The Bertz CT molecular complexity index is 1230. The summed E-state index contributed by atoms with van der Waals surface area (Å²) in [6, 6.07) is 30.3. The molecule has 1 aliphatic rings. The Hall–Kier alpha value is -3.32. The second-order valence-corrected chi connectivity index (χ2v) is 8.20. The van der Waals surface area contributed by atoms with Crippen molar-refractivity contribution >= 4 is 16.5 Å². The van der Waals surface area contributed by atoms with E-state index in [1.54, 1.807) is 0 Å². The Balaban J connectivity index is 1.79. The minimum Gasteiger partial charge on any atom is -0.457 e. The van der Waals surface area contributed by atoms with Crippen LogP contribution in [0.1, 0.15) is 34.7 Å². The molecule has 0 aromatic heterocycles. The van der Waals surface area contributed by atoms with Crippen molar-refractivity contribution < 1.29 is 4.74 Å². The van der Waals surface area contributed by atoms with E-state index < -0.39 is 0 Å². The van der Waals surface area contributed by atoms with E-state index in [2.05, 4.69) is 112 Å². The Morgan fingerprint density at radius 3 is 2.07 bits per heavy atom. The zero-order valence-corrected chi connectivity index (χ0v) is 17.1. The summed E-state index contributed by atoms with van der Waals surface area (Å²) in [6.07, 6.45) is 2.29. The molecule has 4 aromatic rings. The van der Waals surface area contributed by atoms with E-state index in [0.717, 1.165) is 17.1 Å². The number of hydrogen-bond donors (Lipinski definition) is 0. The summed E-state index contributed by atoms with van der Waals surface area (Å²) in [4.78, 5) is 0. The van der Waals surface area contributed by atoms with Crippen molar-refractivity contribution in [2.75, 3.05) is 0 Å². The molecule has 0 saturated carbocycles. The molecule has 1 nitrogen and oxygen atoms in total. The van der Waals surface area contributed by atoms with Crippen LogP contribution in [0.3, 0.4) is 0 Å². The normalized spacial score (nSPS) is 18.1. The summed E-state index contributed by atoms with van der Waals surface area (Å²) >= 11 is 0. The van der Waals surface area contributed by atoms with Crippen molar-refractivity contribution in [3.8, 4) is 5.75 Å². The Morgan fingerprint density at radius 1 is 0.690 bits per heavy atom. The quantitative estimate of drug-likeness (QED) is 0.359. The van der Waals surface area contributed by atoms with Gasteiger partial charge in [-0.05, 0) is 49.2 Å². The minimum absolute atomic E-state index is 0.289. The topological polar surface area (TPSA) is 9.23 Å². The third-order valence-electron chi connectivity index (χ3n) is 6.04. The fraction of sp³-hybridized carbons (Fsp3) is 0.143. The van der Waals surface area contributed by atoms with Gasteiger partial charge in [-0.2, -0.15) is 0 Å². The van der Waals surface area contributed by atoms with E-state index in [1.807, 2.05) is 0 Å². The van der Waals surface area contributed by atoms with Crippen molar-refractivity contribution in [1.82, 2.24) is 0 Å². The van der Waals surface area contributed by atoms with Crippen LogP contribution in [0.4, 0.5) is 0 Å². The molecule has 1 atom stereocenters. The van der Waals surface area contributed by atoms with Gasteiger partial charge in [-0.1, -0.05) is 90.0 Å². The summed E-state index contributed by atoms with van der Waals surface area (Å²) in [6.45, 7) is 6.55. The maximum atomic E-state index is 6.47. The van der Waals surface area contributed by atoms with Gasteiger partial charge in [0, 0.05) is 16.5 Å². The lowest BCUT2D eigenvalue weighted by Gasteiger charge is -2.35. The van der Waals surface area contributed by atoms with Gasteiger partial charge in [-0.15, -0.1) is 0 Å². The van der Waals surface area contributed by atoms with Crippen LogP contribution in [0.15, 0.2) is 91.0 Å². The molecule has 0 radical (unpaired) electrons. The van der Waals surface area contributed by atoms with Gasteiger partial charge < -0.3 is 4.74 Å². The van der Waals surface area contributed by atoms with Crippen LogP contribution < -0.4 is 4.74 Å². The first kappa shape index (κ1) is 17.8. The molecule has 4 aromatic carbocycles. The number of rotatable bonds is 2. The van der Waals surface area contributed by atoms with E-state index in [-0.39, 0.29) is 5.41 Å². The third kappa shape index (κ3) is 2.94. The molecule has 0 spiro atoms. The van der Waals surface area contributed by atoms with Crippen LogP contribution in [0, 0.1) is 13.8 Å². The maximum Gasteiger partial charge on any atom is 0.132 e. The van der Waals surface area contributed by atoms with Gasteiger partial charge in [-0.25, -0.2) is 0 Å². The van der Waals surface area contributed by atoms with E-state index in [0.29, 0.717) is 0 Å². The molecule has 0 saturated heterocycles. The first-order chi connectivity index (χ1) is 14.0. The van der Waals surface area contributed by atoms with Crippen LogP contribution >= 0.6 is 0 Å². The standard InChI is InChI=1S/C28H24O/c1-19-8-12-22(13-9-19)26-18-28(3,23-15-10-20(2)11-16-23)27-24-7-5-4-6-21(24)14-17-25(27)29-26/h4-18H,1-3H3.